The first-order valence-electron chi connectivity index (χ1n) is 6.09. The molecule has 0 radical (unpaired) electrons. The SMILES string of the molecule is Clc1ccc(-n2nnc(C3CCCNC3)n2)cc1. The molecule has 0 amide bonds. The van der Waals surface area contributed by atoms with Crippen LogP contribution in [0.25, 0.3) is 5.69 Å². The van der Waals surface area contributed by atoms with Crippen LogP contribution in [-0.4, -0.2) is 33.3 Å². The second-order valence-corrected chi connectivity index (χ2v) is 4.89. The van der Waals surface area contributed by atoms with Crippen molar-refractivity contribution in [2.45, 2.75) is 18.8 Å². The number of nitrogens with one attached hydrogen (secondary N) is 1. The van der Waals surface area contributed by atoms with Gasteiger partial charge in [-0.3, -0.25) is 0 Å². The first-order valence-corrected chi connectivity index (χ1v) is 6.47. The van der Waals surface area contributed by atoms with Crippen LogP contribution >= 0.6 is 11.6 Å². The Morgan fingerprint density at radius 1 is 1.28 bits per heavy atom. The van der Waals surface area contributed by atoms with Gasteiger partial charge in [0, 0.05) is 17.5 Å². The lowest BCUT2D eigenvalue weighted by Gasteiger charge is -2.19. The Bertz CT molecular complexity index is 516. The molecule has 1 unspecified atom stereocenters. The predicted molar refractivity (Wildman–Crippen MR) is 69.0 cm³/mol. The molecule has 3 rings (SSSR count). The minimum Gasteiger partial charge on any atom is -0.316 e. The standard InChI is InChI=1S/C12H14ClN5/c13-10-3-5-11(6-4-10)18-16-12(15-17-18)9-2-1-7-14-8-9/h3-6,9,14H,1-2,7-8H2. The van der Waals surface area contributed by atoms with Gasteiger partial charge in [0.15, 0.2) is 5.82 Å². The summed E-state index contributed by atoms with van der Waals surface area (Å²) < 4.78 is 0. The zero-order valence-corrected chi connectivity index (χ0v) is 10.6. The van der Waals surface area contributed by atoms with E-state index in [2.05, 4.69) is 20.7 Å². The summed E-state index contributed by atoms with van der Waals surface area (Å²) >= 11 is 5.85. The highest BCUT2D eigenvalue weighted by Gasteiger charge is 2.20. The van der Waals surface area contributed by atoms with Gasteiger partial charge in [0.1, 0.15) is 0 Å². The summed E-state index contributed by atoms with van der Waals surface area (Å²) in [4.78, 5) is 1.56. The highest BCUT2D eigenvalue weighted by molar-refractivity contribution is 6.30. The molecule has 0 bridgehead atoms. The largest absolute Gasteiger partial charge is 0.316 e. The maximum absolute atomic E-state index is 5.85. The number of tetrazole rings is 1. The van der Waals surface area contributed by atoms with Gasteiger partial charge >= 0.3 is 0 Å². The molecule has 6 heteroatoms. The van der Waals surface area contributed by atoms with E-state index in [0.29, 0.717) is 10.9 Å². The van der Waals surface area contributed by atoms with Gasteiger partial charge in [-0.2, -0.15) is 0 Å². The summed E-state index contributed by atoms with van der Waals surface area (Å²) in [6.45, 7) is 2.02. The maximum Gasteiger partial charge on any atom is 0.179 e. The van der Waals surface area contributed by atoms with Crippen molar-refractivity contribution < 1.29 is 0 Å². The van der Waals surface area contributed by atoms with Crippen molar-refractivity contribution in [3.05, 3.63) is 35.1 Å². The summed E-state index contributed by atoms with van der Waals surface area (Å²) in [5.41, 5.74) is 0.877. The Morgan fingerprint density at radius 3 is 2.83 bits per heavy atom. The summed E-state index contributed by atoms with van der Waals surface area (Å²) in [6.07, 6.45) is 2.29. The van der Waals surface area contributed by atoms with Crippen molar-refractivity contribution in [3.63, 3.8) is 0 Å². The molecule has 1 N–H and O–H groups in total. The summed E-state index contributed by atoms with van der Waals surface area (Å²) in [5.74, 6) is 1.19. The van der Waals surface area contributed by atoms with Crippen molar-refractivity contribution in [1.29, 1.82) is 0 Å². The highest BCUT2D eigenvalue weighted by atomic mass is 35.5. The topological polar surface area (TPSA) is 55.6 Å². The maximum atomic E-state index is 5.85. The minimum atomic E-state index is 0.375. The van der Waals surface area contributed by atoms with Crippen LogP contribution in [0.3, 0.4) is 0 Å². The van der Waals surface area contributed by atoms with E-state index in [-0.39, 0.29) is 0 Å². The van der Waals surface area contributed by atoms with E-state index in [1.807, 2.05) is 24.3 Å². The van der Waals surface area contributed by atoms with Gasteiger partial charge in [-0.15, -0.1) is 15.0 Å². The lowest BCUT2D eigenvalue weighted by molar-refractivity contribution is 0.446. The number of piperidine rings is 1. The van der Waals surface area contributed by atoms with Gasteiger partial charge in [-0.1, -0.05) is 11.6 Å². The molecule has 1 saturated heterocycles. The second-order valence-electron chi connectivity index (χ2n) is 4.46. The second kappa shape index (κ2) is 5.04. The van der Waals surface area contributed by atoms with Crippen LogP contribution in [-0.2, 0) is 0 Å². The smallest absolute Gasteiger partial charge is 0.179 e. The van der Waals surface area contributed by atoms with E-state index in [0.717, 1.165) is 31.0 Å². The molecular formula is C12H14ClN5. The number of benzene rings is 1. The van der Waals surface area contributed by atoms with Crippen LogP contribution in [0, 0.1) is 0 Å². The molecule has 5 nitrogen and oxygen atoms in total. The fraction of sp³-hybridized carbons (Fsp3) is 0.417. The van der Waals surface area contributed by atoms with Crippen LogP contribution < -0.4 is 5.32 Å². The Hall–Kier alpha value is -1.46. The van der Waals surface area contributed by atoms with E-state index in [4.69, 9.17) is 11.6 Å². The van der Waals surface area contributed by atoms with E-state index < -0.39 is 0 Å². The van der Waals surface area contributed by atoms with Crippen LogP contribution in [0.2, 0.25) is 5.02 Å². The third-order valence-electron chi connectivity index (χ3n) is 3.15. The Balaban J connectivity index is 1.82. The molecule has 2 heterocycles. The van der Waals surface area contributed by atoms with E-state index in [1.165, 1.54) is 6.42 Å². The highest BCUT2D eigenvalue weighted by Crippen LogP contribution is 2.19. The van der Waals surface area contributed by atoms with Crippen LogP contribution in [0.5, 0.6) is 0 Å². The summed E-state index contributed by atoms with van der Waals surface area (Å²) in [7, 11) is 0. The molecule has 1 fully saturated rings. The molecule has 0 aliphatic carbocycles. The van der Waals surface area contributed by atoms with Gasteiger partial charge < -0.3 is 5.32 Å². The van der Waals surface area contributed by atoms with Gasteiger partial charge in [-0.25, -0.2) is 0 Å². The van der Waals surface area contributed by atoms with Crippen molar-refractivity contribution >= 4 is 11.6 Å². The normalized spacial score (nSPS) is 19.9. The molecule has 18 heavy (non-hydrogen) atoms. The van der Waals surface area contributed by atoms with Gasteiger partial charge in [0.2, 0.25) is 0 Å². The van der Waals surface area contributed by atoms with E-state index >= 15 is 0 Å². The average Bonchev–Trinajstić information content (AvgIpc) is 2.90. The lowest BCUT2D eigenvalue weighted by Crippen LogP contribution is -2.29. The van der Waals surface area contributed by atoms with Crippen molar-refractivity contribution in [2.75, 3.05) is 13.1 Å². The zero-order valence-electron chi connectivity index (χ0n) is 9.88. The first kappa shape index (κ1) is 11.6. The molecule has 1 aliphatic rings. The molecule has 1 aromatic heterocycles. The van der Waals surface area contributed by atoms with Crippen molar-refractivity contribution in [3.8, 4) is 5.69 Å². The summed E-state index contributed by atoms with van der Waals surface area (Å²) in [5, 5.41) is 16.7. The average molecular weight is 264 g/mol. The Kier molecular flexibility index (Phi) is 3.25. The number of halogens is 1. The fourth-order valence-electron chi connectivity index (χ4n) is 2.14. The van der Waals surface area contributed by atoms with Gasteiger partial charge in [0.05, 0.1) is 5.69 Å². The fourth-order valence-corrected chi connectivity index (χ4v) is 2.27. The van der Waals surface area contributed by atoms with Crippen molar-refractivity contribution in [1.82, 2.24) is 25.5 Å². The van der Waals surface area contributed by atoms with E-state index in [9.17, 15) is 0 Å². The number of aromatic nitrogens is 4. The molecule has 2 aromatic rings. The summed E-state index contributed by atoms with van der Waals surface area (Å²) in [6, 6.07) is 7.41. The first-order chi connectivity index (χ1) is 8.83. The minimum absolute atomic E-state index is 0.375. The third kappa shape index (κ3) is 2.37. The van der Waals surface area contributed by atoms with Crippen LogP contribution in [0.15, 0.2) is 24.3 Å². The molecule has 94 valence electrons. The van der Waals surface area contributed by atoms with E-state index in [1.54, 1.807) is 4.80 Å². The molecule has 1 aromatic carbocycles. The van der Waals surface area contributed by atoms with Crippen molar-refractivity contribution in [2.24, 2.45) is 0 Å². The molecule has 1 atom stereocenters. The van der Waals surface area contributed by atoms with Crippen LogP contribution in [0.4, 0.5) is 0 Å². The number of rotatable bonds is 2. The quantitative estimate of drug-likeness (QED) is 0.897. The van der Waals surface area contributed by atoms with Crippen LogP contribution in [0.1, 0.15) is 24.6 Å². The molecule has 1 aliphatic heterocycles. The number of hydrogen-bond donors (Lipinski definition) is 1. The Morgan fingerprint density at radius 2 is 2.11 bits per heavy atom. The zero-order chi connectivity index (χ0) is 12.4. The third-order valence-corrected chi connectivity index (χ3v) is 3.40. The van der Waals surface area contributed by atoms with Gasteiger partial charge in [-0.05, 0) is 48.9 Å². The lowest BCUT2D eigenvalue weighted by atomic mass is 9.99. The number of hydrogen-bond acceptors (Lipinski definition) is 4. The molecule has 0 spiro atoms. The molecular weight excluding hydrogens is 250 g/mol. The van der Waals surface area contributed by atoms with Gasteiger partial charge in [0.25, 0.3) is 0 Å². The monoisotopic (exact) mass is 263 g/mol. The molecule has 0 saturated carbocycles. The predicted octanol–water partition coefficient (Wildman–Crippen LogP) is 1.78. The number of nitrogens with zero attached hydrogens (tertiary/aromatic N) is 4. The Labute approximate surface area is 110 Å².